The summed E-state index contributed by atoms with van der Waals surface area (Å²) in [5, 5.41) is 15.0. The lowest BCUT2D eigenvalue weighted by molar-refractivity contribution is -0.115. The summed E-state index contributed by atoms with van der Waals surface area (Å²) in [6.45, 7) is 0.232. The van der Waals surface area contributed by atoms with Crippen LogP contribution in [0.3, 0.4) is 0 Å². The van der Waals surface area contributed by atoms with Gasteiger partial charge in [0.1, 0.15) is 0 Å². The molecule has 1 amide bonds. The van der Waals surface area contributed by atoms with Gasteiger partial charge in [-0.05, 0) is 31.0 Å². The van der Waals surface area contributed by atoms with Crippen LogP contribution in [0.25, 0.3) is 0 Å². The van der Waals surface area contributed by atoms with Crippen molar-refractivity contribution in [2.24, 2.45) is 0 Å². The van der Waals surface area contributed by atoms with Crippen molar-refractivity contribution in [3.8, 4) is 0 Å². The highest BCUT2D eigenvalue weighted by molar-refractivity contribution is 6.33. The third kappa shape index (κ3) is 3.95. The lowest BCUT2D eigenvalue weighted by Crippen LogP contribution is -2.34. The van der Waals surface area contributed by atoms with Gasteiger partial charge in [0.15, 0.2) is 0 Å². The van der Waals surface area contributed by atoms with Crippen LogP contribution < -0.4 is 10.6 Å². The van der Waals surface area contributed by atoms with Gasteiger partial charge in [0, 0.05) is 11.7 Å². The summed E-state index contributed by atoms with van der Waals surface area (Å²) in [5.74, 6) is -1.30. The molecule has 2 rings (SSSR count). The molecule has 0 unspecified atom stereocenters. The van der Waals surface area contributed by atoms with E-state index in [4.69, 9.17) is 16.7 Å². The van der Waals surface area contributed by atoms with Crippen LogP contribution in [0.15, 0.2) is 18.2 Å². The number of carbonyl (C=O) groups is 2. The molecule has 108 valence electrons. The number of nitrogens with one attached hydrogen (secondary N) is 2. The molecular formula is C14H17ClN2O3. The fraction of sp³-hybridized carbons (Fsp3) is 0.429. The van der Waals surface area contributed by atoms with Crippen molar-refractivity contribution < 1.29 is 14.7 Å². The van der Waals surface area contributed by atoms with Crippen molar-refractivity contribution >= 4 is 29.2 Å². The molecule has 0 bridgehead atoms. The lowest BCUT2D eigenvalue weighted by Gasteiger charge is -2.12. The molecule has 3 N–H and O–H groups in total. The van der Waals surface area contributed by atoms with Crippen molar-refractivity contribution in [2.45, 2.75) is 31.7 Å². The monoisotopic (exact) mass is 296 g/mol. The smallest absolute Gasteiger partial charge is 0.337 e. The number of carbonyl (C=O) groups excluding carboxylic acids is 1. The first-order valence-corrected chi connectivity index (χ1v) is 7.00. The average molecular weight is 297 g/mol. The number of hydrogen-bond donors (Lipinski definition) is 3. The minimum atomic E-state index is -1.12. The van der Waals surface area contributed by atoms with Crippen molar-refractivity contribution in [3.05, 3.63) is 28.8 Å². The number of anilines is 1. The second-order valence-corrected chi connectivity index (χ2v) is 5.32. The quantitative estimate of drug-likeness (QED) is 0.780. The molecule has 6 heteroatoms. The molecule has 0 radical (unpaired) electrons. The molecule has 0 atom stereocenters. The summed E-state index contributed by atoms with van der Waals surface area (Å²) in [7, 11) is 0. The predicted molar refractivity (Wildman–Crippen MR) is 77.3 cm³/mol. The van der Waals surface area contributed by atoms with Crippen LogP contribution in [-0.2, 0) is 4.79 Å². The topological polar surface area (TPSA) is 78.4 Å². The van der Waals surface area contributed by atoms with Crippen molar-refractivity contribution in [1.82, 2.24) is 5.32 Å². The van der Waals surface area contributed by atoms with E-state index >= 15 is 0 Å². The van der Waals surface area contributed by atoms with E-state index in [2.05, 4.69) is 10.6 Å². The zero-order valence-corrected chi connectivity index (χ0v) is 11.7. The molecule has 0 aromatic heterocycles. The molecule has 1 aromatic carbocycles. The molecule has 1 aromatic rings. The van der Waals surface area contributed by atoms with Crippen molar-refractivity contribution in [2.75, 3.05) is 11.9 Å². The Balaban J connectivity index is 1.90. The Kier molecular flexibility index (Phi) is 4.98. The van der Waals surface area contributed by atoms with Gasteiger partial charge < -0.3 is 15.7 Å². The zero-order chi connectivity index (χ0) is 14.5. The van der Waals surface area contributed by atoms with E-state index in [0.717, 1.165) is 12.8 Å². The summed E-state index contributed by atoms with van der Waals surface area (Å²) in [5.41, 5.74) is 0.415. The van der Waals surface area contributed by atoms with Gasteiger partial charge in [-0.2, -0.15) is 0 Å². The highest BCUT2D eigenvalue weighted by atomic mass is 35.5. The fourth-order valence-electron chi connectivity index (χ4n) is 2.34. The van der Waals surface area contributed by atoms with Gasteiger partial charge in [-0.3, -0.25) is 4.79 Å². The molecule has 0 aliphatic heterocycles. The number of aromatic carboxylic acids is 1. The number of amides is 1. The number of hydrogen-bond acceptors (Lipinski definition) is 3. The summed E-state index contributed by atoms with van der Waals surface area (Å²) >= 11 is 5.77. The van der Waals surface area contributed by atoms with E-state index in [1.807, 2.05) is 0 Å². The third-order valence-corrected chi connectivity index (χ3v) is 3.72. The highest BCUT2D eigenvalue weighted by Gasteiger charge is 2.15. The van der Waals surface area contributed by atoms with E-state index in [0.29, 0.717) is 11.7 Å². The number of benzene rings is 1. The maximum atomic E-state index is 11.8. The molecule has 0 spiro atoms. The Hall–Kier alpha value is -1.59. The van der Waals surface area contributed by atoms with Crippen LogP contribution in [0.1, 0.15) is 36.0 Å². The standard InChI is InChI=1S/C14H17ClN2O3/c15-12-6-5-10(7-11(12)14(19)20)17-13(18)8-16-9-3-1-2-4-9/h5-7,9,16H,1-4,8H2,(H,17,18)(H,19,20). The third-order valence-electron chi connectivity index (χ3n) is 3.39. The number of carboxylic acid groups (broad SMARTS) is 1. The largest absolute Gasteiger partial charge is 0.478 e. The van der Waals surface area contributed by atoms with Crippen LogP contribution in [0.2, 0.25) is 5.02 Å². The average Bonchev–Trinajstić information content (AvgIpc) is 2.91. The van der Waals surface area contributed by atoms with Crippen molar-refractivity contribution in [1.29, 1.82) is 0 Å². The van der Waals surface area contributed by atoms with Crippen molar-refractivity contribution in [3.63, 3.8) is 0 Å². The first-order chi connectivity index (χ1) is 9.56. The Morgan fingerprint density at radius 2 is 2.00 bits per heavy atom. The van der Waals surface area contributed by atoms with Gasteiger partial charge in [-0.15, -0.1) is 0 Å². The number of halogens is 1. The Labute approximate surface area is 122 Å². The minimum Gasteiger partial charge on any atom is -0.478 e. The van der Waals surface area contributed by atoms with Crippen LogP contribution >= 0.6 is 11.6 Å². The molecule has 5 nitrogen and oxygen atoms in total. The zero-order valence-electron chi connectivity index (χ0n) is 11.0. The minimum absolute atomic E-state index is 0.0202. The van der Waals surface area contributed by atoms with E-state index < -0.39 is 5.97 Å². The van der Waals surface area contributed by atoms with Gasteiger partial charge in [0.2, 0.25) is 5.91 Å². The van der Waals surface area contributed by atoms with Gasteiger partial charge in [0.05, 0.1) is 17.1 Å². The maximum absolute atomic E-state index is 11.8. The van der Waals surface area contributed by atoms with Gasteiger partial charge >= 0.3 is 5.97 Å². The van der Waals surface area contributed by atoms with E-state index in [1.54, 1.807) is 6.07 Å². The summed E-state index contributed by atoms with van der Waals surface area (Å²) < 4.78 is 0. The summed E-state index contributed by atoms with van der Waals surface area (Å²) in [6, 6.07) is 4.83. The van der Waals surface area contributed by atoms with Gasteiger partial charge in [-0.25, -0.2) is 4.79 Å². The number of carboxylic acids is 1. The Bertz CT molecular complexity index is 513. The maximum Gasteiger partial charge on any atom is 0.337 e. The SMILES string of the molecule is O=C(CNC1CCCC1)Nc1ccc(Cl)c(C(=O)O)c1. The second-order valence-electron chi connectivity index (χ2n) is 4.91. The fourth-order valence-corrected chi connectivity index (χ4v) is 2.54. The van der Waals surface area contributed by atoms with E-state index in [1.165, 1.54) is 25.0 Å². The van der Waals surface area contributed by atoms with Gasteiger partial charge in [-0.1, -0.05) is 24.4 Å². The second kappa shape index (κ2) is 6.72. The summed E-state index contributed by atoms with van der Waals surface area (Å²) in [4.78, 5) is 22.7. The van der Waals surface area contributed by atoms with Crippen LogP contribution in [-0.4, -0.2) is 29.6 Å². The van der Waals surface area contributed by atoms with E-state index in [-0.39, 0.29) is 23.0 Å². The first kappa shape index (κ1) is 14.8. The van der Waals surface area contributed by atoms with Crippen LogP contribution in [0.4, 0.5) is 5.69 Å². The normalized spacial score (nSPS) is 15.2. The van der Waals surface area contributed by atoms with E-state index in [9.17, 15) is 9.59 Å². The highest BCUT2D eigenvalue weighted by Crippen LogP contribution is 2.20. The van der Waals surface area contributed by atoms with Gasteiger partial charge in [0.25, 0.3) is 0 Å². The molecule has 1 aliphatic rings. The molecule has 0 heterocycles. The Morgan fingerprint density at radius 3 is 2.65 bits per heavy atom. The number of rotatable bonds is 5. The predicted octanol–water partition coefficient (Wildman–Crippen LogP) is 2.51. The molecular weight excluding hydrogens is 280 g/mol. The molecule has 1 saturated carbocycles. The molecule has 1 fully saturated rings. The first-order valence-electron chi connectivity index (χ1n) is 6.62. The summed E-state index contributed by atoms with van der Waals surface area (Å²) in [6.07, 6.45) is 4.63. The molecule has 1 aliphatic carbocycles. The Morgan fingerprint density at radius 1 is 1.30 bits per heavy atom. The lowest BCUT2D eigenvalue weighted by atomic mass is 10.2. The van der Waals surface area contributed by atoms with Crippen LogP contribution in [0.5, 0.6) is 0 Å². The molecule has 20 heavy (non-hydrogen) atoms. The van der Waals surface area contributed by atoms with Crippen LogP contribution in [0, 0.1) is 0 Å². The molecule has 0 saturated heterocycles.